The fourth-order valence-corrected chi connectivity index (χ4v) is 2.11. The highest BCUT2D eigenvalue weighted by molar-refractivity contribution is 5.76. The van der Waals surface area contributed by atoms with E-state index in [0.29, 0.717) is 6.61 Å². The minimum atomic E-state index is -0.123. The molecule has 0 bridgehead atoms. The maximum atomic E-state index is 11.8. The van der Waals surface area contributed by atoms with E-state index in [0.717, 1.165) is 32.4 Å². The van der Waals surface area contributed by atoms with E-state index in [1.165, 1.54) is 0 Å². The number of likely N-dealkylation sites (tertiary alicyclic amines) is 1. The molecule has 4 nitrogen and oxygen atoms in total. The second kappa shape index (κ2) is 6.36. The summed E-state index contributed by atoms with van der Waals surface area (Å²) in [5.41, 5.74) is -0.123. The predicted octanol–water partition coefficient (Wildman–Crippen LogP) is 1.83. The summed E-state index contributed by atoms with van der Waals surface area (Å²) in [6.45, 7) is 8.34. The molecule has 100 valence electrons. The maximum Gasteiger partial charge on any atom is 0.323 e. The average Bonchev–Trinajstić information content (AvgIpc) is 2.75. The molecule has 0 N–H and O–H groups in total. The van der Waals surface area contributed by atoms with Gasteiger partial charge >= 0.3 is 5.97 Å². The zero-order chi connectivity index (χ0) is 12.9. The van der Waals surface area contributed by atoms with E-state index in [1.807, 2.05) is 6.92 Å². The molecule has 0 saturated carbocycles. The van der Waals surface area contributed by atoms with E-state index >= 15 is 0 Å². The van der Waals surface area contributed by atoms with Gasteiger partial charge in [0.05, 0.1) is 12.2 Å². The lowest BCUT2D eigenvalue weighted by Crippen LogP contribution is -2.40. The van der Waals surface area contributed by atoms with Gasteiger partial charge in [-0.05, 0) is 46.6 Å². The largest absolute Gasteiger partial charge is 0.465 e. The zero-order valence-corrected chi connectivity index (χ0v) is 11.5. The number of nitrogens with zero attached hydrogens (tertiary/aromatic N) is 1. The standard InChI is InChI=1S/C13H25NO3/c1-5-17-12(15)11-7-6-9-14(11)10-8-13(2,3)16-4/h11H,5-10H2,1-4H3. The highest BCUT2D eigenvalue weighted by Crippen LogP contribution is 2.21. The van der Waals surface area contributed by atoms with Crippen molar-refractivity contribution in [2.24, 2.45) is 0 Å². The topological polar surface area (TPSA) is 38.8 Å². The lowest BCUT2D eigenvalue weighted by Gasteiger charge is -2.28. The molecular formula is C13H25NO3. The molecule has 0 aliphatic carbocycles. The molecule has 1 aliphatic rings. The van der Waals surface area contributed by atoms with Gasteiger partial charge in [0, 0.05) is 13.7 Å². The molecule has 1 aliphatic heterocycles. The van der Waals surface area contributed by atoms with E-state index in [9.17, 15) is 4.79 Å². The molecule has 4 heteroatoms. The molecule has 1 atom stereocenters. The summed E-state index contributed by atoms with van der Waals surface area (Å²) >= 11 is 0. The third-order valence-electron chi connectivity index (χ3n) is 3.48. The SMILES string of the molecule is CCOC(=O)C1CCCN1CCC(C)(C)OC. The van der Waals surface area contributed by atoms with Crippen LogP contribution in [0, 0.1) is 0 Å². The van der Waals surface area contributed by atoms with Crippen molar-refractivity contribution in [1.29, 1.82) is 0 Å². The average molecular weight is 243 g/mol. The number of ether oxygens (including phenoxy) is 2. The molecule has 1 saturated heterocycles. The Morgan fingerprint density at radius 3 is 2.76 bits per heavy atom. The molecule has 0 spiro atoms. The van der Waals surface area contributed by atoms with Gasteiger partial charge in [0.1, 0.15) is 6.04 Å². The second-order valence-corrected chi connectivity index (χ2v) is 5.16. The van der Waals surface area contributed by atoms with Crippen LogP contribution >= 0.6 is 0 Å². The first-order valence-electron chi connectivity index (χ1n) is 6.46. The van der Waals surface area contributed by atoms with Crippen LogP contribution in [0.25, 0.3) is 0 Å². The van der Waals surface area contributed by atoms with Crippen molar-refractivity contribution in [2.75, 3.05) is 26.8 Å². The molecule has 0 aromatic rings. The molecule has 1 rings (SSSR count). The number of hydrogen-bond acceptors (Lipinski definition) is 4. The molecule has 0 radical (unpaired) electrons. The first-order chi connectivity index (χ1) is 8.00. The van der Waals surface area contributed by atoms with Gasteiger partial charge < -0.3 is 9.47 Å². The van der Waals surface area contributed by atoms with Crippen LogP contribution in [0.3, 0.4) is 0 Å². The Bertz CT molecular complexity index is 253. The smallest absolute Gasteiger partial charge is 0.323 e. The van der Waals surface area contributed by atoms with E-state index in [1.54, 1.807) is 7.11 Å². The molecule has 1 fully saturated rings. The third-order valence-corrected chi connectivity index (χ3v) is 3.48. The summed E-state index contributed by atoms with van der Waals surface area (Å²) < 4.78 is 10.5. The van der Waals surface area contributed by atoms with Crippen LogP contribution in [-0.2, 0) is 14.3 Å². The summed E-state index contributed by atoms with van der Waals surface area (Å²) in [5, 5.41) is 0. The van der Waals surface area contributed by atoms with Crippen LogP contribution < -0.4 is 0 Å². The van der Waals surface area contributed by atoms with Gasteiger partial charge in [-0.25, -0.2) is 0 Å². The maximum absolute atomic E-state index is 11.8. The van der Waals surface area contributed by atoms with Gasteiger partial charge in [-0.15, -0.1) is 0 Å². The van der Waals surface area contributed by atoms with E-state index in [-0.39, 0.29) is 17.6 Å². The van der Waals surface area contributed by atoms with Gasteiger partial charge in [-0.1, -0.05) is 0 Å². The minimum absolute atomic E-state index is 0.0393. The third kappa shape index (κ3) is 4.28. The van der Waals surface area contributed by atoms with Gasteiger partial charge in [-0.2, -0.15) is 0 Å². The number of methoxy groups -OCH3 is 1. The number of carbonyl (C=O) groups excluding carboxylic acids is 1. The summed E-state index contributed by atoms with van der Waals surface area (Å²) in [6.07, 6.45) is 2.93. The van der Waals surface area contributed by atoms with Crippen LogP contribution in [0.5, 0.6) is 0 Å². The Morgan fingerprint density at radius 1 is 1.47 bits per heavy atom. The Labute approximate surface area is 104 Å². The fourth-order valence-electron chi connectivity index (χ4n) is 2.11. The lowest BCUT2D eigenvalue weighted by atomic mass is 10.0. The number of esters is 1. The number of hydrogen-bond donors (Lipinski definition) is 0. The molecule has 17 heavy (non-hydrogen) atoms. The van der Waals surface area contributed by atoms with Crippen LogP contribution in [0.4, 0.5) is 0 Å². The quantitative estimate of drug-likeness (QED) is 0.667. The van der Waals surface area contributed by atoms with Gasteiger partial charge in [0.2, 0.25) is 0 Å². The molecule has 0 aromatic carbocycles. The molecule has 0 amide bonds. The first kappa shape index (κ1) is 14.5. The van der Waals surface area contributed by atoms with Crippen molar-refractivity contribution in [3.8, 4) is 0 Å². The van der Waals surface area contributed by atoms with Crippen LogP contribution in [0.2, 0.25) is 0 Å². The summed E-state index contributed by atoms with van der Waals surface area (Å²) in [5.74, 6) is -0.0692. The van der Waals surface area contributed by atoms with E-state index < -0.39 is 0 Å². The van der Waals surface area contributed by atoms with Crippen molar-refractivity contribution < 1.29 is 14.3 Å². The normalized spacial score (nSPS) is 21.8. The minimum Gasteiger partial charge on any atom is -0.465 e. The zero-order valence-electron chi connectivity index (χ0n) is 11.5. The van der Waals surface area contributed by atoms with Crippen molar-refractivity contribution in [3.05, 3.63) is 0 Å². The predicted molar refractivity (Wildman–Crippen MR) is 66.9 cm³/mol. The Kier molecular flexibility index (Phi) is 5.40. The highest BCUT2D eigenvalue weighted by Gasteiger charge is 2.32. The number of carbonyl (C=O) groups is 1. The summed E-state index contributed by atoms with van der Waals surface area (Å²) in [7, 11) is 1.73. The lowest BCUT2D eigenvalue weighted by molar-refractivity contribution is -0.148. The van der Waals surface area contributed by atoms with Crippen molar-refractivity contribution in [3.63, 3.8) is 0 Å². The first-order valence-corrected chi connectivity index (χ1v) is 6.46. The van der Waals surface area contributed by atoms with Crippen LogP contribution in [0.1, 0.15) is 40.0 Å². The monoisotopic (exact) mass is 243 g/mol. The van der Waals surface area contributed by atoms with Crippen LogP contribution in [-0.4, -0.2) is 49.3 Å². The molecule has 1 unspecified atom stereocenters. The van der Waals surface area contributed by atoms with E-state index in [2.05, 4.69) is 18.7 Å². The Morgan fingerprint density at radius 2 is 2.18 bits per heavy atom. The summed E-state index contributed by atoms with van der Waals surface area (Å²) in [6, 6.07) is -0.0393. The molecular weight excluding hydrogens is 218 g/mol. The van der Waals surface area contributed by atoms with E-state index in [4.69, 9.17) is 9.47 Å². The van der Waals surface area contributed by atoms with Crippen molar-refractivity contribution in [2.45, 2.75) is 51.7 Å². The van der Waals surface area contributed by atoms with Crippen molar-refractivity contribution >= 4 is 5.97 Å². The molecule has 0 aromatic heterocycles. The highest BCUT2D eigenvalue weighted by atomic mass is 16.5. The van der Waals surface area contributed by atoms with Gasteiger partial charge in [0.15, 0.2) is 0 Å². The van der Waals surface area contributed by atoms with Crippen molar-refractivity contribution in [1.82, 2.24) is 4.90 Å². The summed E-state index contributed by atoms with van der Waals surface area (Å²) in [4.78, 5) is 14.0. The number of rotatable bonds is 6. The Hall–Kier alpha value is -0.610. The van der Waals surface area contributed by atoms with Gasteiger partial charge in [0.25, 0.3) is 0 Å². The molecule has 1 heterocycles. The Balaban J connectivity index is 2.44. The second-order valence-electron chi connectivity index (χ2n) is 5.16. The fraction of sp³-hybridized carbons (Fsp3) is 0.923. The van der Waals surface area contributed by atoms with Gasteiger partial charge in [-0.3, -0.25) is 9.69 Å². The van der Waals surface area contributed by atoms with Crippen LogP contribution in [0.15, 0.2) is 0 Å².